The first-order valence-corrected chi connectivity index (χ1v) is 6.47. The molecule has 0 radical (unpaired) electrons. The maximum atomic E-state index is 14.2. The van der Waals surface area contributed by atoms with Gasteiger partial charge in [-0.25, -0.2) is 9.18 Å². The van der Waals surface area contributed by atoms with E-state index in [9.17, 15) is 9.18 Å². The molecule has 1 saturated heterocycles. The van der Waals surface area contributed by atoms with Crippen molar-refractivity contribution in [2.24, 2.45) is 0 Å². The Balaban J connectivity index is 1.82. The highest BCUT2D eigenvalue weighted by atomic mass is 19.1. The van der Waals surface area contributed by atoms with Crippen LogP contribution in [0.1, 0.15) is 0 Å². The summed E-state index contributed by atoms with van der Waals surface area (Å²) in [5, 5.41) is 9.00. The first-order chi connectivity index (χ1) is 9.69. The van der Waals surface area contributed by atoms with Crippen molar-refractivity contribution in [2.45, 2.75) is 6.10 Å². The van der Waals surface area contributed by atoms with Gasteiger partial charge in [0.15, 0.2) is 0 Å². The minimum atomic E-state index is -0.556. The van der Waals surface area contributed by atoms with Gasteiger partial charge < -0.3 is 14.7 Å². The van der Waals surface area contributed by atoms with Crippen molar-refractivity contribution in [1.82, 2.24) is 0 Å². The molecule has 1 fully saturated rings. The molecular weight excluding hydrogens is 263 g/mol. The van der Waals surface area contributed by atoms with E-state index in [0.29, 0.717) is 24.5 Å². The molecule has 0 unspecified atom stereocenters. The van der Waals surface area contributed by atoms with E-state index in [1.54, 1.807) is 12.1 Å². The monoisotopic (exact) mass is 278 g/mol. The van der Waals surface area contributed by atoms with Gasteiger partial charge in [0, 0.05) is 13.1 Å². The molecule has 3 rings (SSSR count). The second-order valence-electron chi connectivity index (χ2n) is 4.81. The predicted molar refractivity (Wildman–Crippen MR) is 72.5 cm³/mol. The lowest BCUT2D eigenvalue weighted by molar-refractivity contribution is 0.0963. The molecule has 0 spiro atoms. The van der Waals surface area contributed by atoms with Crippen LogP contribution >= 0.6 is 0 Å². The highest BCUT2D eigenvalue weighted by molar-refractivity contribution is 5.90. The minimum Gasteiger partial charge on any atom is -0.441 e. The Kier molecular flexibility index (Phi) is 3.31. The highest BCUT2D eigenvalue weighted by Crippen LogP contribution is 2.28. The van der Waals surface area contributed by atoms with E-state index in [1.807, 2.05) is 17.1 Å². The van der Waals surface area contributed by atoms with E-state index in [4.69, 9.17) is 9.84 Å². The van der Waals surface area contributed by atoms with Crippen LogP contribution in [0, 0.1) is 5.82 Å². The van der Waals surface area contributed by atoms with Crippen molar-refractivity contribution < 1.29 is 19.0 Å². The third-order valence-corrected chi connectivity index (χ3v) is 3.48. The number of hydrogen-bond donors (Lipinski definition) is 1. The third kappa shape index (κ3) is 2.22. The molecule has 20 heavy (non-hydrogen) atoms. The van der Waals surface area contributed by atoms with Crippen LogP contribution in [-0.2, 0) is 4.74 Å². The van der Waals surface area contributed by atoms with Gasteiger partial charge in [-0.2, -0.15) is 0 Å². The molecule has 1 atom stereocenters. The lowest BCUT2D eigenvalue weighted by atomic mass is 10.2. The number of cyclic esters (lactones) is 1. The number of rotatable bonds is 3. The Morgan fingerprint density at radius 1 is 1.35 bits per heavy atom. The summed E-state index contributed by atoms with van der Waals surface area (Å²) >= 11 is 0. The third-order valence-electron chi connectivity index (χ3n) is 3.48. The zero-order valence-corrected chi connectivity index (χ0v) is 10.8. The Morgan fingerprint density at radius 2 is 2.10 bits per heavy atom. The second-order valence-corrected chi connectivity index (χ2v) is 4.81. The number of carbonyl (C=O) groups excluding carboxylic acids is 1. The van der Waals surface area contributed by atoms with Gasteiger partial charge in [-0.1, -0.05) is 12.2 Å². The maximum Gasteiger partial charge on any atom is 0.414 e. The Bertz CT molecular complexity index is 553. The molecule has 5 nitrogen and oxygen atoms in total. The largest absolute Gasteiger partial charge is 0.441 e. The molecule has 106 valence electrons. The lowest BCUT2D eigenvalue weighted by Gasteiger charge is -2.20. The molecule has 1 N–H and O–H groups in total. The maximum absolute atomic E-state index is 14.2. The van der Waals surface area contributed by atoms with Crippen LogP contribution in [0.15, 0.2) is 30.4 Å². The summed E-state index contributed by atoms with van der Waals surface area (Å²) in [5.41, 5.74) is 0.962. The van der Waals surface area contributed by atoms with Crippen LogP contribution in [0.3, 0.4) is 0 Å². The van der Waals surface area contributed by atoms with Crippen LogP contribution in [0.25, 0.3) is 0 Å². The molecular formula is C14H15FN2O3. The van der Waals surface area contributed by atoms with E-state index in [0.717, 1.165) is 0 Å². The highest BCUT2D eigenvalue weighted by Gasteiger charge is 2.32. The first kappa shape index (κ1) is 12.9. The molecule has 6 heteroatoms. The molecule has 2 heterocycles. The number of halogens is 1. The molecule has 1 aromatic carbocycles. The number of nitrogens with zero attached hydrogens (tertiary/aromatic N) is 2. The Morgan fingerprint density at radius 3 is 2.70 bits per heavy atom. The van der Waals surface area contributed by atoms with Crippen LogP contribution in [0.4, 0.5) is 20.6 Å². The Labute approximate surface area is 115 Å². The van der Waals surface area contributed by atoms with Crippen molar-refractivity contribution in [3.63, 3.8) is 0 Å². The van der Waals surface area contributed by atoms with Crippen LogP contribution in [-0.4, -0.2) is 43.5 Å². The molecule has 2 aliphatic rings. The summed E-state index contributed by atoms with van der Waals surface area (Å²) in [6.07, 6.45) is 2.86. The van der Waals surface area contributed by atoms with Crippen LogP contribution in [0.5, 0.6) is 0 Å². The van der Waals surface area contributed by atoms with Crippen molar-refractivity contribution in [1.29, 1.82) is 0 Å². The van der Waals surface area contributed by atoms with E-state index >= 15 is 0 Å². The van der Waals surface area contributed by atoms with Gasteiger partial charge in [-0.15, -0.1) is 0 Å². The van der Waals surface area contributed by atoms with Crippen molar-refractivity contribution in [3.05, 3.63) is 36.2 Å². The van der Waals surface area contributed by atoms with Gasteiger partial charge in [0.25, 0.3) is 0 Å². The van der Waals surface area contributed by atoms with E-state index in [2.05, 4.69) is 0 Å². The number of benzene rings is 1. The minimum absolute atomic E-state index is 0.234. The summed E-state index contributed by atoms with van der Waals surface area (Å²) in [4.78, 5) is 14.9. The topological polar surface area (TPSA) is 53.0 Å². The standard InChI is InChI=1S/C14H15FN2O3/c15-12-7-10(17-8-11(9-18)20-14(17)19)3-4-13(12)16-5-1-2-6-16/h1-4,7,11,18H,5-6,8-9H2/t11-/m1/s1. The summed E-state index contributed by atoms with van der Waals surface area (Å²) < 4.78 is 19.1. The van der Waals surface area contributed by atoms with Gasteiger partial charge >= 0.3 is 6.09 Å². The first-order valence-electron chi connectivity index (χ1n) is 6.47. The average molecular weight is 278 g/mol. The summed E-state index contributed by atoms with van der Waals surface area (Å²) in [5.74, 6) is -0.369. The van der Waals surface area contributed by atoms with E-state index < -0.39 is 12.2 Å². The van der Waals surface area contributed by atoms with Crippen LogP contribution in [0.2, 0.25) is 0 Å². The number of carbonyl (C=O) groups is 1. The zero-order chi connectivity index (χ0) is 14.1. The average Bonchev–Trinajstić information content (AvgIpc) is 3.07. The van der Waals surface area contributed by atoms with Crippen LogP contribution < -0.4 is 9.80 Å². The van der Waals surface area contributed by atoms with Crippen molar-refractivity contribution in [2.75, 3.05) is 36.0 Å². The predicted octanol–water partition coefficient (Wildman–Crippen LogP) is 1.52. The van der Waals surface area contributed by atoms with Crippen molar-refractivity contribution in [3.8, 4) is 0 Å². The SMILES string of the molecule is O=C1O[C@@H](CO)CN1c1ccc(N2CC=CC2)c(F)c1. The van der Waals surface area contributed by atoms with Crippen molar-refractivity contribution >= 4 is 17.5 Å². The summed E-state index contributed by atoms with van der Waals surface area (Å²) in [7, 11) is 0. The summed E-state index contributed by atoms with van der Waals surface area (Å²) in [6.45, 7) is 1.38. The molecule has 1 amide bonds. The molecule has 2 aliphatic heterocycles. The van der Waals surface area contributed by atoms with Gasteiger partial charge in [0.05, 0.1) is 24.5 Å². The fourth-order valence-electron chi connectivity index (χ4n) is 2.42. The second kappa shape index (κ2) is 5.13. The van der Waals surface area contributed by atoms with Gasteiger partial charge in [-0.3, -0.25) is 4.90 Å². The zero-order valence-electron chi connectivity index (χ0n) is 10.8. The fourth-order valence-corrected chi connectivity index (χ4v) is 2.42. The number of amides is 1. The number of aliphatic hydroxyl groups is 1. The molecule has 0 aliphatic carbocycles. The smallest absolute Gasteiger partial charge is 0.414 e. The number of aliphatic hydroxyl groups excluding tert-OH is 1. The molecule has 1 aromatic rings. The van der Waals surface area contributed by atoms with Gasteiger partial charge in [-0.05, 0) is 18.2 Å². The van der Waals surface area contributed by atoms with Gasteiger partial charge in [0.2, 0.25) is 0 Å². The number of hydrogen-bond acceptors (Lipinski definition) is 4. The molecule has 0 aromatic heterocycles. The normalized spacial score (nSPS) is 21.7. The number of ether oxygens (including phenoxy) is 1. The Hall–Kier alpha value is -2.08. The van der Waals surface area contributed by atoms with E-state index in [1.165, 1.54) is 11.0 Å². The molecule has 0 bridgehead atoms. The quantitative estimate of drug-likeness (QED) is 0.852. The fraction of sp³-hybridized carbons (Fsp3) is 0.357. The van der Waals surface area contributed by atoms with Gasteiger partial charge in [0.1, 0.15) is 11.9 Å². The van der Waals surface area contributed by atoms with E-state index in [-0.39, 0.29) is 19.0 Å². The molecule has 0 saturated carbocycles. The lowest BCUT2D eigenvalue weighted by Crippen LogP contribution is -2.26. The summed E-state index contributed by atoms with van der Waals surface area (Å²) in [6, 6.07) is 4.68. The number of anilines is 2.